The maximum Gasteiger partial charge on any atom is 0.167 e. The van der Waals surface area contributed by atoms with Crippen molar-refractivity contribution in [1.82, 2.24) is 19.5 Å². The largest absolute Gasteiger partial charge is 0.390 e. The SMILES string of the molecule is CCCC(O)C1OC(n2cnc3c(N)ncnc32)C(O)C1O. The van der Waals surface area contributed by atoms with Crippen LogP contribution in [-0.4, -0.2) is 59.3 Å². The standard InChI is InChI=1S/C13H19N5O4/c1-2-3-6(19)10-8(20)9(21)13(22-10)18-5-17-7-11(14)15-4-16-12(7)18/h4-6,8-10,13,19-21H,2-3H2,1H3,(H2,14,15,16). The van der Waals surface area contributed by atoms with Crippen molar-refractivity contribution in [2.45, 2.75) is 50.4 Å². The highest BCUT2D eigenvalue weighted by atomic mass is 16.6. The summed E-state index contributed by atoms with van der Waals surface area (Å²) in [6, 6.07) is 0. The van der Waals surface area contributed by atoms with Crippen LogP contribution < -0.4 is 5.73 Å². The van der Waals surface area contributed by atoms with Crippen LogP contribution in [0.5, 0.6) is 0 Å². The van der Waals surface area contributed by atoms with Crippen molar-refractivity contribution in [3.63, 3.8) is 0 Å². The highest BCUT2D eigenvalue weighted by molar-refractivity contribution is 5.81. The molecule has 0 bridgehead atoms. The van der Waals surface area contributed by atoms with Gasteiger partial charge in [0.25, 0.3) is 0 Å². The first-order valence-corrected chi connectivity index (χ1v) is 7.17. The summed E-state index contributed by atoms with van der Waals surface area (Å²) < 4.78 is 7.15. The van der Waals surface area contributed by atoms with Gasteiger partial charge in [-0.2, -0.15) is 0 Å². The lowest BCUT2D eigenvalue weighted by Gasteiger charge is -2.20. The Morgan fingerprint density at radius 2 is 2.09 bits per heavy atom. The summed E-state index contributed by atoms with van der Waals surface area (Å²) >= 11 is 0. The Balaban J connectivity index is 1.92. The van der Waals surface area contributed by atoms with Gasteiger partial charge >= 0.3 is 0 Å². The number of ether oxygens (including phenoxy) is 1. The van der Waals surface area contributed by atoms with Crippen LogP contribution in [0.3, 0.4) is 0 Å². The van der Waals surface area contributed by atoms with E-state index in [0.29, 0.717) is 17.6 Å². The minimum atomic E-state index is -1.20. The highest BCUT2D eigenvalue weighted by Gasteiger charge is 2.47. The molecule has 3 rings (SSSR count). The van der Waals surface area contributed by atoms with Crippen LogP contribution >= 0.6 is 0 Å². The lowest BCUT2D eigenvalue weighted by atomic mass is 10.0. The second kappa shape index (κ2) is 5.76. The number of aromatic nitrogens is 4. The van der Waals surface area contributed by atoms with E-state index in [1.807, 2.05) is 6.92 Å². The van der Waals surface area contributed by atoms with Gasteiger partial charge in [-0.15, -0.1) is 0 Å². The summed E-state index contributed by atoms with van der Waals surface area (Å²) in [4.78, 5) is 12.0. The quantitative estimate of drug-likeness (QED) is 0.575. The molecular formula is C13H19N5O4. The number of anilines is 1. The van der Waals surface area contributed by atoms with Gasteiger partial charge in [0, 0.05) is 0 Å². The van der Waals surface area contributed by atoms with Crippen molar-refractivity contribution in [2.24, 2.45) is 0 Å². The van der Waals surface area contributed by atoms with Crippen LogP contribution in [0.25, 0.3) is 11.2 Å². The third-order valence-corrected chi connectivity index (χ3v) is 3.90. The fourth-order valence-corrected chi connectivity index (χ4v) is 2.75. The second-order valence-electron chi connectivity index (χ2n) is 5.41. The van der Waals surface area contributed by atoms with Gasteiger partial charge in [0.2, 0.25) is 0 Å². The summed E-state index contributed by atoms with van der Waals surface area (Å²) in [6.07, 6.45) is -1.08. The minimum Gasteiger partial charge on any atom is -0.390 e. The van der Waals surface area contributed by atoms with E-state index in [9.17, 15) is 15.3 Å². The van der Waals surface area contributed by atoms with Crippen molar-refractivity contribution in [3.8, 4) is 0 Å². The van der Waals surface area contributed by atoms with E-state index in [0.717, 1.165) is 6.42 Å². The zero-order chi connectivity index (χ0) is 15.9. The molecule has 120 valence electrons. The smallest absolute Gasteiger partial charge is 0.167 e. The molecule has 3 heterocycles. The molecule has 2 aromatic rings. The third-order valence-electron chi connectivity index (χ3n) is 3.90. The van der Waals surface area contributed by atoms with Crippen molar-refractivity contribution >= 4 is 17.0 Å². The normalized spacial score (nSPS) is 30.0. The lowest BCUT2D eigenvalue weighted by Crippen LogP contribution is -2.38. The van der Waals surface area contributed by atoms with Gasteiger partial charge < -0.3 is 25.8 Å². The summed E-state index contributed by atoms with van der Waals surface area (Å²) in [5.41, 5.74) is 6.52. The van der Waals surface area contributed by atoms with Gasteiger partial charge in [0.15, 0.2) is 17.7 Å². The number of rotatable bonds is 4. The number of nitrogens with zero attached hydrogens (tertiary/aromatic N) is 4. The van der Waals surface area contributed by atoms with Crippen LogP contribution in [-0.2, 0) is 4.74 Å². The fourth-order valence-electron chi connectivity index (χ4n) is 2.75. The van der Waals surface area contributed by atoms with E-state index in [4.69, 9.17) is 10.5 Å². The van der Waals surface area contributed by atoms with E-state index < -0.39 is 30.6 Å². The predicted octanol–water partition coefficient (Wildman–Crippen LogP) is -0.811. The summed E-state index contributed by atoms with van der Waals surface area (Å²) in [7, 11) is 0. The second-order valence-corrected chi connectivity index (χ2v) is 5.41. The van der Waals surface area contributed by atoms with Crippen molar-refractivity contribution in [1.29, 1.82) is 0 Å². The van der Waals surface area contributed by atoms with E-state index in [-0.39, 0.29) is 5.82 Å². The van der Waals surface area contributed by atoms with Gasteiger partial charge in [-0.3, -0.25) is 4.57 Å². The molecule has 22 heavy (non-hydrogen) atoms. The molecule has 1 fully saturated rings. The molecule has 9 nitrogen and oxygen atoms in total. The number of aliphatic hydroxyl groups excluding tert-OH is 3. The molecule has 1 aliphatic rings. The molecule has 1 aliphatic heterocycles. The summed E-state index contributed by atoms with van der Waals surface area (Å²) in [5.74, 6) is 0.222. The van der Waals surface area contributed by atoms with Gasteiger partial charge in [0.05, 0.1) is 12.4 Å². The minimum absolute atomic E-state index is 0.222. The molecule has 1 saturated heterocycles. The number of nitrogen functional groups attached to an aromatic ring is 1. The van der Waals surface area contributed by atoms with Crippen LogP contribution in [0.15, 0.2) is 12.7 Å². The average Bonchev–Trinajstić information content (AvgIpc) is 3.03. The first-order valence-electron chi connectivity index (χ1n) is 7.17. The lowest BCUT2D eigenvalue weighted by molar-refractivity contribution is -0.0854. The summed E-state index contributed by atoms with van der Waals surface area (Å²) in [5, 5.41) is 30.4. The molecule has 0 aliphatic carbocycles. The Morgan fingerprint density at radius 3 is 2.82 bits per heavy atom. The first-order chi connectivity index (χ1) is 10.5. The Hall–Kier alpha value is -1.81. The topological polar surface area (TPSA) is 140 Å². The molecular weight excluding hydrogens is 290 g/mol. The zero-order valence-corrected chi connectivity index (χ0v) is 12.1. The first kappa shape index (κ1) is 15.1. The molecule has 0 radical (unpaired) electrons. The number of hydrogen-bond donors (Lipinski definition) is 4. The van der Waals surface area contributed by atoms with Gasteiger partial charge in [-0.1, -0.05) is 13.3 Å². The molecule has 2 aromatic heterocycles. The number of imidazole rings is 1. The predicted molar refractivity (Wildman–Crippen MR) is 76.6 cm³/mol. The highest BCUT2D eigenvalue weighted by Crippen LogP contribution is 2.33. The van der Waals surface area contributed by atoms with Gasteiger partial charge in [-0.25, -0.2) is 15.0 Å². The van der Waals surface area contributed by atoms with Crippen LogP contribution in [0.1, 0.15) is 26.0 Å². The van der Waals surface area contributed by atoms with Crippen LogP contribution in [0.4, 0.5) is 5.82 Å². The number of hydrogen-bond acceptors (Lipinski definition) is 8. The Morgan fingerprint density at radius 1 is 1.32 bits per heavy atom. The van der Waals surface area contributed by atoms with Crippen molar-refractivity contribution in [3.05, 3.63) is 12.7 Å². The average molecular weight is 309 g/mol. The zero-order valence-electron chi connectivity index (χ0n) is 12.1. The molecule has 9 heteroatoms. The van der Waals surface area contributed by atoms with Gasteiger partial charge in [0.1, 0.15) is 30.2 Å². The number of fused-ring (bicyclic) bond motifs is 1. The maximum atomic E-state index is 10.2. The van der Waals surface area contributed by atoms with Crippen molar-refractivity contribution in [2.75, 3.05) is 5.73 Å². The molecule has 0 spiro atoms. The van der Waals surface area contributed by atoms with E-state index >= 15 is 0 Å². The molecule has 5 atom stereocenters. The van der Waals surface area contributed by atoms with E-state index in [1.165, 1.54) is 17.2 Å². The fraction of sp³-hybridized carbons (Fsp3) is 0.615. The van der Waals surface area contributed by atoms with Crippen LogP contribution in [0.2, 0.25) is 0 Å². The van der Waals surface area contributed by atoms with Gasteiger partial charge in [-0.05, 0) is 6.42 Å². The monoisotopic (exact) mass is 309 g/mol. The van der Waals surface area contributed by atoms with E-state index in [2.05, 4.69) is 15.0 Å². The Labute approximate surface area is 126 Å². The number of nitrogens with two attached hydrogens (primary N) is 1. The Bertz CT molecular complexity index is 663. The third kappa shape index (κ3) is 2.31. The summed E-state index contributed by atoms with van der Waals surface area (Å²) in [6.45, 7) is 1.92. The van der Waals surface area contributed by atoms with Crippen LogP contribution in [0, 0.1) is 0 Å². The van der Waals surface area contributed by atoms with Crippen molar-refractivity contribution < 1.29 is 20.1 Å². The molecule has 0 aromatic carbocycles. The van der Waals surface area contributed by atoms with E-state index in [1.54, 1.807) is 0 Å². The number of aliphatic hydroxyl groups is 3. The molecule has 5 N–H and O–H groups in total. The molecule has 5 unspecified atom stereocenters. The Kier molecular flexibility index (Phi) is 3.96. The maximum absolute atomic E-state index is 10.2. The molecule has 0 saturated carbocycles. The molecule has 0 amide bonds.